The lowest BCUT2D eigenvalue weighted by atomic mass is 9.87. The molecule has 0 aliphatic heterocycles. The molecule has 0 saturated carbocycles. The number of hydrogen-bond acceptors (Lipinski definition) is 4. The molecule has 2 heterocycles. The molecule has 1 N–H and O–H groups in total. The molecular formula is C18H22N6S. The standard InChI is InChI=1S/C18H22N6S/c1-12-10-13(2)23(22-12)16-20-21-17(25)24(16)19-11-14-6-8-15(9-7-14)18(3,4)5/h6-11H,1-5H3,(H,21,25)/b19-11-. The van der Waals surface area contributed by atoms with Crippen molar-refractivity contribution >= 4 is 18.4 Å². The van der Waals surface area contributed by atoms with Crippen LogP contribution in [0.5, 0.6) is 0 Å². The predicted octanol–water partition coefficient (Wildman–Crippen LogP) is 3.92. The number of benzene rings is 1. The van der Waals surface area contributed by atoms with E-state index in [2.05, 4.69) is 65.4 Å². The summed E-state index contributed by atoms with van der Waals surface area (Å²) in [7, 11) is 0. The van der Waals surface area contributed by atoms with Gasteiger partial charge in [0.1, 0.15) is 0 Å². The van der Waals surface area contributed by atoms with Crippen molar-refractivity contribution in [1.29, 1.82) is 0 Å². The van der Waals surface area contributed by atoms with E-state index in [0.717, 1.165) is 17.0 Å². The van der Waals surface area contributed by atoms with E-state index in [1.165, 1.54) is 5.56 Å². The van der Waals surface area contributed by atoms with Crippen LogP contribution in [0.25, 0.3) is 5.95 Å². The first-order valence-electron chi connectivity index (χ1n) is 8.11. The first-order chi connectivity index (χ1) is 11.8. The second-order valence-electron chi connectivity index (χ2n) is 7.10. The van der Waals surface area contributed by atoms with Crippen LogP contribution in [-0.2, 0) is 5.41 Å². The van der Waals surface area contributed by atoms with Gasteiger partial charge < -0.3 is 0 Å². The normalized spacial score (nSPS) is 12.2. The largest absolute Gasteiger partial charge is 0.271 e. The fourth-order valence-corrected chi connectivity index (χ4v) is 2.72. The van der Waals surface area contributed by atoms with Crippen LogP contribution in [0.3, 0.4) is 0 Å². The Bertz CT molecular complexity index is 966. The second kappa shape index (κ2) is 6.40. The van der Waals surface area contributed by atoms with Crippen molar-refractivity contribution in [2.75, 3.05) is 0 Å². The van der Waals surface area contributed by atoms with Gasteiger partial charge in [-0.3, -0.25) is 0 Å². The average Bonchev–Trinajstić information content (AvgIpc) is 3.06. The number of H-pyrrole nitrogens is 1. The van der Waals surface area contributed by atoms with Crippen LogP contribution in [0.2, 0.25) is 0 Å². The number of aromatic amines is 1. The van der Waals surface area contributed by atoms with E-state index < -0.39 is 0 Å². The Hall–Kier alpha value is -2.54. The molecule has 0 amide bonds. The molecule has 0 spiro atoms. The molecule has 3 aromatic rings. The Morgan fingerprint density at radius 1 is 1.16 bits per heavy atom. The Kier molecular flexibility index (Phi) is 4.43. The average molecular weight is 354 g/mol. The summed E-state index contributed by atoms with van der Waals surface area (Å²) in [5.74, 6) is 0.540. The molecule has 0 bridgehead atoms. The zero-order chi connectivity index (χ0) is 18.2. The summed E-state index contributed by atoms with van der Waals surface area (Å²) in [6.07, 6.45) is 1.77. The second-order valence-corrected chi connectivity index (χ2v) is 7.48. The van der Waals surface area contributed by atoms with E-state index >= 15 is 0 Å². The molecule has 6 nitrogen and oxygen atoms in total. The van der Waals surface area contributed by atoms with Gasteiger partial charge >= 0.3 is 0 Å². The summed E-state index contributed by atoms with van der Waals surface area (Å²) >= 11 is 5.30. The maximum Gasteiger partial charge on any atom is 0.271 e. The highest BCUT2D eigenvalue weighted by atomic mass is 32.1. The van der Waals surface area contributed by atoms with Crippen LogP contribution in [0.4, 0.5) is 0 Å². The van der Waals surface area contributed by atoms with Crippen molar-refractivity contribution in [3.8, 4) is 5.95 Å². The molecule has 1 aromatic carbocycles. The Morgan fingerprint density at radius 2 is 1.84 bits per heavy atom. The number of nitrogens with zero attached hydrogens (tertiary/aromatic N) is 5. The number of nitrogens with one attached hydrogen (secondary N) is 1. The van der Waals surface area contributed by atoms with E-state index in [9.17, 15) is 0 Å². The number of aryl methyl sites for hydroxylation is 2. The van der Waals surface area contributed by atoms with Crippen LogP contribution in [0, 0.1) is 18.6 Å². The zero-order valence-electron chi connectivity index (χ0n) is 15.1. The molecule has 0 fully saturated rings. The monoisotopic (exact) mass is 354 g/mol. The van der Waals surface area contributed by atoms with Crippen LogP contribution in [-0.4, -0.2) is 30.9 Å². The SMILES string of the molecule is Cc1cc(C)n(-c2n[nH]c(=S)n2/N=C\c2ccc(C(C)(C)C)cc2)n1. The minimum atomic E-state index is 0.130. The molecular weight excluding hydrogens is 332 g/mol. The smallest absolute Gasteiger partial charge is 0.248 e. The highest BCUT2D eigenvalue weighted by molar-refractivity contribution is 7.71. The summed E-state index contributed by atoms with van der Waals surface area (Å²) in [5, 5.41) is 16.0. The first-order valence-corrected chi connectivity index (χ1v) is 8.52. The maximum atomic E-state index is 5.30. The van der Waals surface area contributed by atoms with Crippen molar-refractivity contribution in [2.45, 2.75) is 40.0 Å². The third-order valence-corrected chi connectivity index (χ3v) is 4.20. The summed E-state index contributed by atoms with van der Waals surface area (Å²) in [5.41, 5.74) is 4.30. The van der Waals surface area contributed by atoms with E-state index in [1.807, 2.05) is 19.9 Å². The third-order valence-electron chi connectivity index (χ3n) is 3.93. The lowest BCUT2D eigenvalue weighted by molar-refractivity contribution is 0.590. The molecule has 0 aliphatic carbocycles. The summed E-state index contributed by atoms with van der Waals surface area (Å²) in [6.45, 7) is 10.5. The molecule has 3 rings (SSSR count). The quantitative estimate of drug-likeness (QED) is 0.573. The van der Waals surface area contributed by atoms with Gasteiger partial charge in [-0.2, -0.15) is 14.9 Å². The highest BCUT2D eigenvalue weighted by Crippen LogP contribution is 2.21. The van der Waals surface area contributed by atoms with E-state index in [-0.39, 0.29) is 5.41 Å². The van der Waals surface area contributed by atoms with Crippen molar-refractivity contribution in [2.24, 2.45) is 5.10 Å². The number of hydrogen-bond donors (Lipinski definition) is 1. The van der Waals surface area contributed by atoms with Gasteiger partial charge in [0.2, 0.25) is 4.77 Å². The molecule has 0 saturated heterocycles. The fourth-order valence-electron chi connectivity index (χ4n) is 2.55. The van der Waals surface area contributed by atoms with Gasteiger partial charge in [0, 0.05) is 5.69 Å². The Balaban J connectivity index is 1.93. The van der Waals surface area contributed by atoms with Gasteiger partial charge in [-0.1, -0.05) is 45.0 Å². The van der Waals surface area contributed by atoms with Crippen molar-refractivity contribution in [3.05, 3.63) is 57.6 Å². The van der Waals surface area contributed by atoms with Crippen molar-refractivity contribution < 1.29 is 0 Å². The molecule has 0 unspecified atom stereocenters. The minimum Gasteiger partial charge on any atom is -0.248 e. The van der Waals surface area contributed by atoms with Crippen LogP contribution >= 0.6 is 12.2 Å². The zero-order valence-corrected chi connectivity index (χ0v) is 15.9. The van der Waals surface area contributed by atoms with Gasteiger partial charge in [0.05, 0.1) is 11.9 Å². The predicted molar refractivity (Wildman–Crippen MR) is 102 cm³/mol. The fraction of sp³-hybridized carbons (Fsp3) is 0.333. The first kappa shape index (κ1) is 17.3. The Labute approximate surface area is 152 Å². The molecule has 130 valence electrons. The van der Waals surface area contributed by atoms with Gasteiger partial charge in [-0.15, -0.1) is 5.10 Å². The van der Waals surface area contributed by atoms with E-state index in [1.54, 1.807) is 15.6 Å². The minimum absolute atomic E-state index is 0.130. The van der Waals surface area contributed by atoms with E-state index in [0.29, 0.717) is 10.7 Å². The summed E-state index contributed by atoms with van der Waals surface area (Å²) < 4.78 is 3.72. The van der Waals surface area contributed by atoms with Gasteiger partial charge in [-0.25, -0.2) is 9.78 Å². The molecule has 25 heavy (non-hydrogen) atoms. The van der Waals surface area contributed by atoms with Crippen LogP contribution in [0.1, 0.15) is 43.3 Å². The van der Waals surface area contributed by atoms with E-state index in [4.69, 9.17) is 12.2 Å². The number of rotatable bonds is 3. The Morgan fingerprint density at radius 3 is 2.40 bits per heavy atom. The molecule has 0 aliphatic rings. The topological polar surface area (TPSA) is 63.8 Å². The number of aromatic nitrogens is 5. The third kappa shape index (κ3) is 3.61. The lowest BCUT2D eigenvalue weighted by Gasteiger charge is -2.18. The molecule has 0 radical (unpaired) electrons. The van der Waals surface area contributed by atoms with Gasteiger partial charge in [-0.05, 0) is 48.7 Å². The summed E-state index contributed by atoms with van der Waals surface area (Å²) in [6, 6.07) is 10.3. The maximum absolute atomic E-state index is 5.30. The lowest BCUT2D eigenvalue weighted by Crippen LogP contribution is -2.10. The highest BCUT2D eigenvalue weighted by Gasteiger charge is 2.13. The summed E-state index contributed by atoms with van der Waals surface area (Å²) in [4.78, 5) is 0. The molecule has 2 aromatic heterocycles. The van der Waals surface area contributed by atoms with Gasteiger partial charge in [0.25, 0.3) is 5.95 Å². The van der Waals surface area contributed by atoms with Crippen LogP contribution < -0.4 is 0 Å². The van der Waals surface area contributed by atoms with Crippen molar-refractivity contribution in [3.63, 3.8) is 0 Å². The van der Waals surface area contributed by atoms with Crippen LogP contribution in [0.15, 0.2) is 35.4 Å². The van der Waals surface area contributed by atoms with Gasteiger partial charge in [0.15, 0.2) is 0 Å². The molecule has 7 heteroatoms. The van der Waals surface area contributed by atoms with Crippen molar-refractivity contribution in [1.82, 2.24) is 24.7 Å². The molecule has 0 atom stereocenters.